The number of hydrazone groups is 1. The predicted molar refractivity (Wildman–Crippen MR) is 116 cm³/mol. The first-order valence-corrected chi connectivity index (χ1v) is 9.75. The summed E-state index contributed by atoms with van der Waals surface area (Å²) in [5, 5.41) is 6.13. The van der Waals surface area contributed by atoms with Crippen LogP contribution in [-0.4, -0.2) is 35.8 Å². The van der Waals surface area contributed by atoms with E-state index in [1.807, 2.05) is 42.5 Å². The molecule has 2 aromatic carbocycles. The summed E-state index contributed by atoms with van der Waals surface area (Å²) in [4.78, 5) is 27.5. The van der Waals surface area contributed by atoms with Gasteiger partial charge in [-0.1, -0.05) is 30.3 Å². The number of esters is 1. The fraction of sp³-hybridized carbons (Fsp3) is 0.261. The van der Waals surface area contributed by atoms with Crippen LogP contribution in [0.4, 0.5) is 0 Å². The lowest BCUT2D eigenvalue weighted by Crippen LogP contribution is -2.33. The molecular formula is C23H25N3O4. The van der Waals surface area contributed by atoms with E-state index in [2.05, 4.69) is 15.5 Å². The molecule has 1 heterocycles. The first kappa shape index (κ1) is 21.1. The minimum absolute atomic E-state index is 0.303. The number of aromatic amines is 1. The molecule has 3 rings (SSSR count). The highest BCUT2D eigenvalue weighted by Crippen LogP contribution is 2.21. The average Bonchev–Trinajstić information content (AvgIpc) is 3.01. The molecule has 0 unspecified atom stereocenters. The van der Waals surface area contributed by atoms with E-state index in [9.17, 15) is 9.59 Å². The first-order valence-electron chi connectivity index (χ1n) is 9.75. The Hall–Kier alpha value is -3.61. The van der Waals surface area contributed by atoms with Crippen molar-refractivity contribution in [3.05, 3.63) is 65.0 Å². The lowest BCUT2D eigenvalue weighted by molar-refractivity contribution is -0.127. The molecule has 0 aliphatic heterocycles. The SMILES string of the molecule is CCOC(=O)c1c(C)[nH]c(/C=N/NC(=O)[C@@H](C)Oc2ccc3ccccc3c2)c1C. The minimum atomic E-state index is -0.732. The molecule has 7 nitrogen and oxygen atoms in total. The largest absolute Gasteiger partial charge is 0.481 e. The number of amides is 1. The van der Waals surface area contributed by atoms with Crippen molar-refractivity contribution in [1.82, 2.24) is 10.4 Å². The van der Waals surface area contributed by atoms with Crippen LogP contribution in [0.25, 0.3) is 10.8 Å². The van der Waals surface area contributed by atoms with Gasteiger partial charge in [-0.15, -0.1) is 0 Å². The lowest BCUT2D eigenvalue weighted by atomic mass is 10.1. The van der Waals surface area contributed by atoms with Crippen LogP contribution in [0.15, 0.2) is 47.6 Å². The summed E-state index contributed by atoms with van der Waals surface area (Å²) in [6.07, 6.45) is 0.732. The van der Waals surface area contributed by atoms with Crippen molar-refractivity contribution in [2.24, 2.45) is 5.10 Å². The van der Waals surface area contributed by atoms with Gasteiger partial charge in [-0.05, 0) is 56.2 Å². The number of fused-ring (bicyclic) bond motifs is 1. The fourth-order valence-electron chi connectivity index (χ4n) is 3.16. The van der Waals surface area contributed by atoms with Crippen molar-refractivity contribution in [3.8, 4) is 5.75 Å². The van der Waals surface area contributed by atoms with Gasteiger partial charge in [-0.3, -0.25) is 4.79 Å². The molecule has 1 amide bonds. The number of ether oxygens (including phenoxy) is 2. The predicted octanol–water partition coefficient (Wildman–Crippen LogP) is 3.88. The molecule has 0 radical (unpaired) electrons. The van der Waals surface area contributed by atoms with Crippen molar-refractivity contribution >= 4 is 28.9 Å². The number of benzene rings is 2. The number of aryl methyl sites for hydroxylation is 1. The van der Waals surface area contributed by atoms with E-state index in [-0.39, 0.29) is 11.9 Å². The molecule has 7 heteroatoms. The Kier molecular flexibility index (Phi) is 6.51. The van der Waals surface area contributed by atoms with E-state index in [1.54, 1.807) is 27.7 Å². The van der Waals surface area contributed by atoms with Crippen molar-refractivity contribution in [2.75, 3.05) is 6.61 Å². The second-order valence-corrected chi connectivity index (χ2v) is 6.89. The van der Waals surface area contributed by atoms with Crippen LogP contribution in [-0.2, 0) is 9.53 Å². The monoisotopic (exact) mass is 407 g/mol. The summed E-state index contributed by atoms with van der Waals surface area (Å²) in [6.45, 7) is 7.30. The van der Waals surface area contributed by atoms with Crippen LogP contribution in [0.1, 0.15) is 41.2 Å². The van der Waals surface area contributed by atoms with Crippen LogP contribution >= 0.6 is 0 Å². The number of hydrogen-bond acceptors (Lipinski definition) is 5. The zero-order chi connectivity index (χ0) is 21.7. The van der Waals surface area contributed by atoms with E-state index in [0.717, 1.165) is 10.8 Å². The Balaban J connectivity index is 1.62. The summed E-state index contributed by atoms with van der Waals surface area (Å²) in [7, 11) is 0. The molecule has 1 atom stereocenters. The molecule has 0 saturated carbocycles. The third-order valence-electron chi connectivity index (χ3n) is 4.73. The molecule has 0 fully saturated rings. The lowest BCUT2D eigenvalue weighted by Gasteiger charge is -2.13. The van der Waals surface area contributed by atoms with Gasteiger partial charge >= 0.3 is 5.97 Å². The zero-order valence-corrected chi connectivity index (χ0v) is 17.5. The quantitative estimate of drug-likeness (QED) is 0.353. The third-order valence-corrected chi connectivity index (χ3v) is 4.73. The van der Waals surface area contributed by atoms with Crippen molar-refractivity contribution in [1.29, 1.82) is 0 Å². The molecule has 156 valence electrons. The van der Waals surface area contributed by atoms with Crippen LogP contribution in [0, 0.1) is 13.8 Å². The van der Waals surface area contributed by atoms with Crippen molar-refractivity contribution in [2.45, 2.75) is 33.8 Å². The number of nitrogens with one attached hydrogen (secondary N) is 2. The number of carbonyl (C=O) groups excluding carboxylic acids is 2. The zero-order valence-electron chi connectivity index (χ0n) is 17.5. The molecule has 30 heavy (non-hydrogen) atoms. The third kappa shape index (κ3) is 4.68. The number of nitrogens with zero attached hydrogens (tertiary/aromatic N) is 1. The van der Waals surface area contributed by atoms with Gasteiger partial charge in [0.2, 0.25) is 0 Å². The van der Waals surface area contributed by atoms with Gasteiger partial charge in [0.15, 0.2) is 6.10 Å². The summed E-state index contributed by atoms with van der Waals surface area (Å²) in [6, 6.07) is 13.6. The molecule has 3 aromatic rings. The molecule has 0 aliphatic rings. The second kappa shape index (κ2) is 9.26. The second-order valence-electron chi connectivity index (χ2n) is 6.89. The highest BCUT2D eigenvalue weighted by Gasteiger charge is 2.19. The molecule has 0 aliphatic carbocycles. The van der Waals surface area contributed by atoms with Gasteiger partial charge in [0.1, 0.15) is 5.75 Å². The number of H-pyrrole nitrogens is 1. The van der Waals surface area contributed by atoms with Crippen LogP contribution in [0.3, 0.4) is 0 Å². The van der Waals surface area contributed by atoms with Crippen LogP contribution < -0.4 is 10.2 Å². The molecule has 2 N–H and O–H groups in total. The van der Waals surface area contributed by atoms with E-state index in [1.165, 1.54) is 6.21 Å². The molecule has 0 spiro atoms. The van der Waals surface area contributed by atoms with Gasteiger partial charge in [0.25, 0.3) is 5.91 Å². The maximum Gasteiger partial charge on any atom is 0.340 e. The Morgan fingerprint density at radius 3 is 2.63 bits per heavy atom. The van der Waals surface area contributed by atoms with E-state index < -0.39 is 6.10 Å². The van der Waals surface area contributed by atoms with E-state index in [4.69, 9.17) is 9.47 Å². The molecular weight excluding hydrogens is 382 g/mol. The maximum atomic E-state index is 12.3. The van der Waals surface area contributed by atoms with Crippen molar-refractivity contribution in [3.63, 3.8) is 0 Å². The number of aromatic nitrogens is 1. The summed E-state index contributed by atoms with van der Waals surface area (Å²) in [5.41, 5.74) is 4.98. The Morgan fingerprint density at radius 1 is 1.17 bits per heavy atom. The molecule has 0 saturated heterocycles. The molecule has 0 bridgehead atoms. The van der Waals surface area contributed by atoms with Crippen LogP contribution in [0.2, 0.25) is 0 Å². The van der Waals surface area contributed by atoms with Crippen LogP contribution in [0.5, 0.6) is 5.75 Å². The molecule has 1 aromatic heterocycles. The average molecular weight is 407 g/mol. The first-order chi connectivity index (χ1) is 14.4. The minimum Gasteiger partial charge on any atom is -0.481 e. The maximum absolute atomic E-state index is 12.3. The Bertz CT molecular complexity index is 1100. The topological polar surface area (TPSA) is 92.8 Å². The fourth-order valence-corrected chi connectivity index (χ4v) is 3.16. The number of hydrogen-bond donors (Lipinski definition) is 2. The summed E-state index contributed by atoms with van der Waals surface area (Å²) in [5.74, 6) is -0.161. The normalized spacial score (nSPS) is 12.1. The van der Waals surface area contributed by atoms with Gasteiger partial charge in [0.05, 0.1) is 24.1 Å². The summed E-state index contributed by atoms with van der Waals surface area (Å²) >= 11 is 0. The smallest absolute Gasteiger partial charge is 0.340 e. The number of rotatable bonds is 7. The summed E-state index contributed by atoms with van der Waals surface area (Å²) < 4.78 is 10.8. The number of carbonyl (C=O) groups is 2. The van der Waals surface area contributed by atoms with E-state index in [0.29, 0.717) is 34.9 Å². The van der Waals surface area contributed by atoms with Crippen molar-refractivity contribution < 1.29 is 19.1 Å². The Morgan fingerprint density at radius 2 is 1.90 bits per heavy atom. The van der Waals surface area contributed by atoms with Gasteiger partial charge < -0.3 is 14.5 Å². The standard InChI is InChI=1S/C23H25N3O4/c1-5-29-23(28)21-14(2)20(25-15(21)3)13-24-26-22(27)16(4)30-19-11-10-17-8-6-7-9-18(17)12-19/h6-13,16,25H,5H2,1-4H3,(H,26,27)/b24-13+/t16-/m1/s1. The van der Waals surface area contributed by atoms with Gasteiger partial charge in [0, 0.05) is 5.69 Å². The van der Waals surface area contributed by atoms with Gasteiger partial charge in [-0.25, -0.2) is 10.2 Å². The Labute approximate surface area is 175 Å². The van der Waals surface area contributed by atoms with E-state index >= 15 is 0 Å². The van der Waals surface area contributed by atoms with Gasteiger partial charge in [-0.2, -0.15) is 5.10 Å². The highest BCUT2D eigenvalue weighted by atomic mass is 16.5. The highest BCUT2D eigenvalue weighted by molar-refractivity contribution is 5.96.